The maximum atomic E-state index is 13.5. The number of nitrogens with zero attached hydrogens (tertiary/aromatic N) is 1. The zero-order chi connectivity index (χ0) is 22.7. The van der Waals surface area contributed by atoms with Gasteiger partial charge in [0, 0.05) is 24.7 Å². The molecule has 0 saturated carbocycles. The molecule has 3 heterocycles. The first-order valence-electron chi connectivity index (χ1n) is 10.7. The number of nitrogens with one attached hydrogen (secondary N) is 3. The molecule has 1 aromatic carbocycles. The summed E-state index contributed by atoms with van der Waals surface area (Å²) in [5.41, 5.74) is 0.442. The zero-order valence-electron chi connectivity index (χ0n) is 17.4. The molecule has 10 nitrogen and oxygen atoms in total. The molecule has 1 aromatic rings. The molecule has 0 bridgehead atoms. The second kappa shape index (κ2) is 9.49. The zero-order valence-corrected chi connectivity index (χ0v) is 17.4. The molecule has 2 saturated heterocycles. The van der Waals surface area contributed by atoms with Crippen molar-refractivity contribution in [2.45, 2.75) is 49.7 Å². The van der Waals surface area contributed by atoms with Crippen molar-refractivity contribution in [1.82, 2.24) is 20.9 Å². The fourth-order valence-corrected chi connectivity index (χ4v) is 4.25. The van der Waals surface area contributed by atoms with Crippen molar-refractivity contribution in [2.24, 2.45) is 0 Å². The van der Waals surface area contributed by atoms with Crippen LogP contribution in [-0.4, -0.2) is 77.2 Å². The van der Waals surface area contributed by atoms with E-state index < -0.39 is 36.3 Å². The lowest BCUT2D eigenvalue weighted by atomic mass is 9.97. The standard InChI is InChI=1S/C22H26N4O6/c27-18-10-16(22(31)32-18)25-20(29)17-12-23-11-14-8-4-5-9-15(21(30)26(14)17)24-19(28)13-6-2-1-3-7-13/h1-7,14-17,22-23,31H,8-12H2,(H,24,28)(H,25,29)/b5-4-/t14-,15-,16?,17-,22?/m0/s1. The highest BCUT2D eigenvalue weighted by Crippen LogP contribution is 2.21. The quantitative estimate of drug-likeness (QED) is 0.349. The molecular formula is C22H26N4O6. The van der Waals surface area contributed by atoms with Gasteiger partial charge in [0.15, 0.2) is 0 Å². The Labute approximate surface area is 185 Å². The Morgan fingerprint density at radius 1 is 1.06 bits per heavy atom. The van der Waals surface area contributed by atoms with Gasteiger partial charge in [-0.1, -0.05) is 30.4 Å². The molecule has 2 fully saturated rings. The molecule has 3 aliphatic rings. The summed E-state index contributed by atoms with van der Waals surface area (Å²) >= 11 is 0. The Morgan fingerprint density at radius 2 is 1.81 bits per heavy atom. The number of carbonyl (C=O) groups is 4. The highest BCUT2D eigenvalue weighted by Gasteiger charge is 2.43. The molecule has 0 radical (unpaired) electrons. The molecule has 10 heteroatoms. The number of carbonyl (C=O) groups excluding carboxylic acids is 4. The number of ether oxygens (including phenoxy) is 1. The Balaban J connectivity index is 1.52. The largest absolute Gasteiger partial charge is 0.434 e. The van der Waals surface area contributed by atoms with Crippen molar-refractivity contribution in [2.75, 3.05) is 13.1 Å². The van der Waals surface area contributed by atoms with E-state index >= 15 is 0 Å². The van der Waals surface area contributed by atoms with Crippen molar-refractivity contribution in [3.63, 3.8) is 0 Å². The van der Waals surface area contributed by atoms with E-state index in [4.69, 9.17) is 0 Å². The van der Waals surface area contributed by atoms with Crippen LogP contribution >= 0.6 is 0 Å². The lowest BCUT2D eigenvalue weighted by Gasteiger charge is -2.44. The van der Waals surface area contributed by atoms with Crippen LogP contribution < -0.4 is 16.0 Å². The van der Waals surface area contributed by atoms with Gasteiger partial charge in [0.1, 0.15) is 18.1 Å². The van der Waals surface area contributed by atoms with Crippen molar-refractivity contribution < 1.29 is 29.0 Å². The highest BCUT2D eigenvalue weighted by atomic mass is 16.6. The summed E-state index contributed by atoms with van der Waals surface area (Å²) in [6.45, 7) is 0.724. The minimum atomic E-state index is -1.41. The van der Waals surface area contributed by atoms with Gasteiger partial charge >= 0.3 is 5.97 Å². The van der Waals surface area contributed by atoms with Crippen molar-refractivity contribution in [3.05, 3.63) is 48.0 Å². The van der Waals surface area contributed by atoms with Crippen molar-refractivity contribution >= 4 is 23.7 Å². The van der Waals surface area contributed by atoms with Crippen LogP contribution in [0.2, 0.25) is 0 Å². The van der Waals surface area contributed by atoms with Gasteiger partial charge in [-0.05, 0) is 25.0 Å². The monoisotopic (exact) mass is 442 g/mol. The second-order valence-electron chi connectivity index (χ2n) is 8.11. The number of aliphatic hydroxyl groups is 1. The van der Waals surface area contributed by atoms with Gasteiger partial charge in [-0.2, -0.15) is 0 Å². The van der Waals surface area contributed by atoms with Crippen molar-refractivity contribution in [3.8, 4) is 0 Å². The minimum absolute atomic E-state index is 0.136. The number of benzene rings is 1. The van der Waals surface area contributed by atoms with Crippen LogP contribution in [0, 0.1) is 0 Å². The first-order chi connectivity index (χ1) is 15.4. The molecule has 0 aromatic heterocycles. The van der Waals surface area contributed by atoms with E-state index in [1.807, 2.05) is 12.2 Å². The predicted octanol–water partition coefficient (Wildman–Crippen LogP) is -0.946. The van der Waals surface area contributed by atoms with E-state index in [0.717, 1.165) is 0 Å². The lowest BCUT2D eigenvalue weighted by Crippen LogP contribution is -2.67. The van der Waals surface area contributed by atoms with E-state index in [9.17, 15) is 24.3 Å². The molecule has 5 atom stereocenters. The minimum Gasteiger partial charge on any atom is -0.434 e. The Kier molecular flexibility index (Phi) is 6.52. The number of esters is 1. The van der Waals surface area contributed by atoms with Gasteiger partial charge in [0.25, 0.3) is 5.91 Å². The highest BCUT2D eigenvalue weighted by molar-refractivity contribution is 5.98. The van der Waals surface area contributed by atoms with Gasteiger partial charge in [-0.3, -0.25) is 19.2 Å². The van der Waals surface area contributed by atoms with Crippen LogP contribution in [0.1, 0.15) is 29.6 Å². The van der Waals surface area contributed by atoms with Gasteiger partial charge in [0.05, 0.1) is 6.42 Å². The van der Waals surface area contributed by atoms with E-state index in [2.05, 4.69) is 20.7 Å². The van der Waals surface area contributed by atoms with E-state index in [0.29, 0.717) is 24.9 Å². The van der Waals surface area contributed by atoms with Crippen LogP contribution in [0.3, 0.4) is 0 Å². The maximum Gasteiger partial charge on any atom is 0.310 e. The van der Waals surface area contributed by atoms with Gasteiger partial charge in [-0.15, -0.1) is 0 Å². The molecule has 4 N–H and O–H groups in total. The summed E-state index contributed by atoms with van der Waals surface area (Å²) in [5, 5.41) is 18.4. The van der Waals surface area contributed by atoms with Crippen LogP contribution in [-0.2, 0) is 19.1 Å². The smallest absolute Gasteiger partial charge is 0.310 e. The summed E-state index contributed by atoms with van der Waals surface area (Å²) in [6, 6.07) is 5.80. The maximum absolute atomic E-state index is 13.5. The van der Waals surface area contributed by atoms with E-state index in [1.165, 1.54) is 4.90 Å². The van der Waals surface area contributed by atoms with Crippen LogP contribution in [0.15, 0.2) is 42.5 Å². The molecule has 0 aliphatic carbocycles. The Bertz CT molecular complexity index is 920. The number of fused-ring (bicyclic) bond motifs is 1. The molecule has 3 amide bonds. The number of hydrogen-bond donors (Lipinski definition) is 4. The van der Waals surface area contributed by atoms with Gasteiger partial charge < -0.3 is 30.7 Å². The number of amides is 3. The topological polar surface area (TPSA) is 137 Å². The second-order valence-corrected chi connectivity index (χ2v) is 8.11. The fraction of sp³-hybridized carbons (Fsp3) is 0.455. The van der Waals surface area contributed by atoms with Crippen LogP contribution in [0.25, 0.3) is 0 Å². The lowest BCUT2D eigenvalue weighted by molar-refractivity contribution is -0.156. The molecular weight excluding hydrogens is 416 g/mol. The number of aliphatic hydroxyl groups excluding tert-OH is 1. The predicted molar refractivity (Wildman–Crippen MR) is 112 cm³/mol. The number of piperazine rings is 1. The van der Waals surface area contributed by atoms with Gasteiger partial charge in [-0.25, -0.2) is 0 Å². The van der Waals surface area contributed by atoms with E-state index in [1.54, 1.807) is 30.3 Å². The summed E-state index contributed by atoms with van der Waals surface area (Å²) < 4.78 is 4.68. The summed E-state index contributed by atoms with van der Waals surface area (Å²) in [5.74, 6) is -1.80. The molecule has 170 valence electrons. The van der Waals surface area contributed by atoms with Crippen LogP contribution in [0.5, 0.6) is 0 Å². The molecule has 2 unspecified atom stereocenters. The average molecular weight is 442 g/mol. The summed E-state index contributed by atoms with van der Waals surface area (Å²) in [7, 11) is 0. The van der Waals surface area contributed by atoms with Gasteiger partial charge in [0.2, 0.25) is 18.1 Å². The van der Waals surface area contributed by atoms with E-state index in [-0.39, 0.29) is 30.8 Å². The third-order valence-corrected chi connectivity index (χ3v) is 5.90. The molecule has 4 rings (SSSR count). The number of rotatable bonds is 4. The summed E-state index contributed by atoms with van der Waals surface area (Å²) in [4.78, 5) is 52.1. The Morgan fingerprint density at radius 3 is 2.53 bits per heavy atom. The Hall–Kier alpha value is -3.24. The molecule has 0 spiro atoms. The third-order valence-electron chi connectivity index (χ3n) is 5.90. The van der Waals surface area contributed by atoms with Crippen LogP contribution in [0.4, 0.5) is 0 Å². The normalized spacial score (nSPS) is 31.0. The molecule has 32 heavy (non-hydrogen) atoms. The van der Waals surface area contributed by atoms with Crippen molar-refractivity contribution in [1.29, 1.82) is 0 Å². The summed E-state index contributed by atoms with van der Waals surface area (Å²) in [6.07, 6.45) is 3.14. The number of cyclic esters (lactones) is 1. The molecule has 3 aliphatic heterocycles. The average Bonchev–Trinajstić information content (AvgIpc) is 3.10. The number of hydrogen-bond acceptors (Lipinski definition) is 7. The SMILES string of the molecule is O=C1CC(NC(=O)[C@@H]2CNC[C@@H]3C/C=C\C[C@H](NC(=O)c4ccccc4)C(=O)N32)C(O)O1. The first kappa shape index (κ1) is 22.0. The fourth-order valence-electron chi connectivity index (χ4n) is 4.25. The third kappa shape index (κ3) is 4.66. The first-order valence-corrected chi connectivity index (χ1v) is 10.7.